The maximum Gasteiger partial charge on any atom is 0.243 e. The summed E-state index contributed by atoms with van der Waals surface area (Å²) < 4.78 is 58.5. The van der Waals surface area contributed by atoms with Crippen LogP contribution in [0.5, 0.6) is 0 Å². The minimum absolute atomic E-state index is 0.0245. The van der Waals surface area contributed by atoms with Crippen LogP contribution in [0.4, 0.5) is 20.5 Å². The van der Waals surface area contributed by atoms with Crippen LogP contribution in [0.1, 0.15) is 5.69 Å². The Balaban J connectivity index is 1.58. The molecule has 1 fully saturated rings. The lowest BCUT2D eigenvalue weighted by Gasteiger charge is -2.28. The Morgan fingerprint density at radius 3 is 2.61 bits per heavy atom. The molecule has 0 unspecified atom stereocenters. The van der Waals surface area contributed by atoms with Gasteiger partial charge in [0.15, 0.2) is 0 Å². The maximum atomic E-state index is 13.7. The fourth-order valence-electron chi connectivity index (χ4n) is 2.72. The molecule has 0 saturated carbocycles. The van der Waals surface area contributed by atoms with Crippen molar-refractivity contribution in [3.05, 3.63) is 41.6 Å². The number of morpholine rings is 1. The first-order valence-corrected chi connectivity index (χ1v) is 10.2. The van der Waals surface area contributed by atoms with E-state index < -0.39 is 26.6 Å². The zero-order valence-corrected chi connectivity index (χ0v) is 16.1. The summed E-state index contributed by atoms with van der Waals surface area (Å²) in [5.74, 6) is -0.843. The number of aromatic nitrogens is 2. The van der Waals surface area contributed by atoms with Gasteiger partial charge >= 0.3 is 0 Å². The third-order valence-corrected chi connectivity index (χ3v) is 5.55. The fraction of sp³-hybridized carbons (Fsp3) is 0.412. The molecule has 8 nitrogen and oxygen atoms in total. The molecule has 1 aromatic heterocycles. The summed E-state index contributed by atoms with van der Waals surface area (Å²) in [6, 6.07) is 4.18. The van der Waals surface area contributed by atoms with E-state index in [1.165, 1.54) is 0 Å². The normalized spacial score (nSPS) is 14.9. The van der Waals surface area contributed by atoms with Crippen LogP contribution in [0.3, 0.4) is 0 Å². The van der Waals surface area contributed by atoms with Gasteiger partial charge in [-0.1, -0.05) is 0 Å². The molecule has 1 aliphatic heterocycles. The molecule has 0 amide bonds. The first-order valence-electron chi connectivity index (χ1n) is 8.72. The summed E-state index contributed by atoms with van der Waals surface area (Å²) in [5, 5.41) is 2.95. The number of anilines is 2. The van der Waals surface area contributed by atoms with E-state index in [1.807, 2.05) is 13.0 Å². The molecule has 28 heavy (non-hydrogen) atoms. The summed E-state index contributed by atoms with van der Waals surface area (Å²) in [7, 11) is -4.09. The molecule has 152 valence electrons. The second-order valence-corrected chi connectivity index (χ2v) is 7.93. The number of ether oxygens (including phenoxy) is 1. The molecule has 11 heteroatoms. The van der Waals surface area contributed by atoms with Crippen molar-refractivity contribution in [3.63, 3.8) is 0 Å². The van der Waals surface area contributed by atoms with Gasteiger partial charge in [0.05, 0.1) is 13.2 Å². The van der Waals surface area contributed by atoms with Crippen LogP contribution < -0.4 is 14.9 Å². The van der Waals surface area contributed by atoms with Gasteiger partial charge in [0, 0.05) is 44.0 Å². The second-order valence-electron chi connectivity index (χ2n) is 6.19. The smallest absolute Gasteiger partial charge is 0.243 e. The summed E-state index contributed by atoms with van der Waals surface area (Å²) in [5.41, 5.74) is 0.771. The minimum Gasteiger partial charge on any atom is -0.378 e. The van der Waals surface area contributed by atoms with Gasteiger partial charge < -0.3 is 15.0 Å². The molecule has 2 N–H and O–H groups in total. The van der Waals surface area contributed by atoms with Gasteiger partial charge in [0.2, 0.25) is 16.0 Å². The predicted octanol–water partition coefficient (Wildman–Crippen LogP) is 1.29. The van der Waals surface area contributed by atoms with E-state index in [1.54, 1.807) is 0 Å². The molecule has 0 atom stereocenters. The van der Waals surface area contributed by atoms with Gasteiger partial charge in [-0.3, -0.25) is 0 Å². The number of halogens is 2. The molecular formula is C17H21F2N5O3S. The van der Waals surface area contributed by atoms with Crippen LogP contribution >= 0.6 is 0 Å². The Hall–Kier alpha value is -2.37. The molecule has 0 spiro atoms. The number of hydrogen-bond acceptors (Lipinski definition) is 7. The largest absolute Gasteiger partial charge is 0.378 e. The highest BCUT2D eigenvalue weighted by molar-refractivity contribution is 7.89. The third kappa shape index (κ3) is 5.12. The highest BCUT2D eigenvalue weighted by Gasteiger charge is 2.19. The van der Waals surface area contributed by atoms with Crippen molar-refractivity contribution in [2.45, 2.75) is 11.8 Å². The van der Waals surface area contributed by atoms with Crippen molar-refractivity contribution in [2.75, 3.05) is 49.6 Å². The average molecular weight is 413 g/mol. The fourth-order valence-corrected chi connectivity index (χ4v) is 3.81. The molecular weight excluding hydrogens is 392 g/mol. The molecule has 2 aromatic rings. The summed E-state index contributed by atoms with van der Waals surface area (Å²) in [6.45, 7) is 4.74. The molecule has 0 radical (unpaired) electrons. The van der Waals surface area contributed by atoms with E-state index in [0.717, 1.165) is 36.7 Å². The first kappa shape index (κ1) is 20.4. The Morgan fingerprint density at radius 1 is 1.14 bits per heavy atom. The number of rotatable bonds is 7. The summed E-state index contributed by atoms with van der Waals surface area (Å²) in [6.07, 6.45) is 0. The number of nitrogens with zero attached hydrogens (tertiary/aromatic N) is 3. The zero-order valence-electron chi connectivity index (χ0n) is 15.3. The van der Waals surface area contributed by atoms with E-state index >= 15 is 0 Å². The van der Waals surface area contributed by atoms with Crippen molar-refractivity contribution >= 4 is 21.8 Å². The Bertz CT molecular complexity index is 936. The highest BCUT2D eigenvalue weighted by Crippen LogP contribution is 2.17. The minimum atomic E-state index is -4.09. The number of hydrogen-bond donors (Lipinski definition) is 2. The summed E-state index contributed by atoms with van der Waals surface area (Å²) >= 11 is 0. The van der Waals surface area contributed by atoms with Gasteiger partial charge in [0.1, 0.15) is 22.3 Å². The first-order chi connectivity index (χ1) is 13.3. The lowest BCUT2D eigenvalue weighted by molar-refractivity contribution is 0.122. The summed E-state index contributed by atoms with van der Waals surface area (Å²) in [4.78, 5) is 10.2. The van der Waals surface area contributed by atoms with Crippen molar-refractivity contribution in [1.82, 2.24) is 14.7 Å². The van der Waals surface area contributed by atoms with E-state index in [-0.39, 0.29) is 13.1 Å². The van der Waals surface area contributed by atoms with E-state index in [9.17, 15) is 17.2 Å². The number of nitrogens with one attached hydrogen (secondary N) is 2. The third-order valence-electron chi connectivity index (χ3n) is 4.06. The van der Waals surface area contributed by atoms with Gasteiger partial charge in [0.25, 0.3) is 0 Å². The van der Waals surface area contributed by atoms with Crippen LogP contribution in [-0.4, -0.2) is 57.8 Å². The van der Waals surface area contributed by atoms with Crippen LogP contribution in [0, 0.1) is 18.6 Å². The SMILES string of the molecule is Cc1cc(N2CCOCC2)nc(NCCNS(=O)(=O)c2ccc(F)cc2F)n1. The standard InChI is InChI=1S/C17H21F2N5O3S/c1-12-10-16(24-6-8-27-9-7-24)23-17(22-12)20-4-5-21-28(25,26)15-3-2-13(18)11-14(15)19/h2-3,10-11,21H,4-9H2,1H3,(H,20,22,23). The van der Waals surface area contributed by atoms with Gasteiger partial charge in [-0.05, 0) is 19.1 Å². The molecule has 1 aromatic carbocycles. The van der Waals surface area contributed by atoms with Gasteiger partial charge in [-0.15, -0.1) is 0 Å². The van der Waals surface area contributed by atoms with Crippen molar-refractivity contribution in [3.8, 4) is 0 Å². The average Bonchev–Trinajstić information content (AvgIpc) is 2.65. The van der Waals surface area contributed by atoms with Crippen molar-refractivity contribution in [1.29, 1.82) is 0 Å². The van der Waals surface area contributed by atoms with Crippen molar-refractivity contribution in [2.24, 2.45) is 0 Å². The van der Waals surface area contributed by atoms with Crippen molar-refractivity contribution < 1.29 is 21.9 Å². The molecule has 2 heterocycles. The second kappa shape index (κ2) is 8.76. The van der Waals surface area contributed by atoms with E-state index in [2.05, 4.69) is 24.9 Å². The molecule has 3 rings (SSSR count). The predicted molar refractivity (Wildman–Crippen MR) is 99.8 cm³/mol. The molecule has 1 saturated heterocycles. The number of aryl methyl sites for hydroxylation is 1. The van der Waals surface area contributed by atoms with Crippen LogP contribution in [0.15, 0.2) is 29.2 Å². The van der Waals surface area contributed by atoms with Gasteiger partial charge in [-0.2, -0.15) is 4.98 Å². The van der Waals surface area contributed by atoms with Crippen LogP contribution in [0.25, 0.3) is 0 Å². The monoisotopic (exact) mass is 413 g/mol. The van der Waals surface area contributed by atoms with Crippen LogP contribution in [-0.2, 0) is 14.8 Å². The Morgan fingerprint density at radius 2 is 1.89 bits per heavy atom. The van der Waals surface area contributed by atoms with E-state index in [0.29, 0.717) is 25.2 Å². The van der Waals surface area contributed by atoms with Crippen LogP contribution in [0.2, 0.25) is 0 Å². The topological polar surface area (TPSA) is 96.5 Å². The van der Waals surface area contributed by atoms with E-state index in [4.69, 9.17) is 4.74 Å². The zero-order chi connectivity index (χ0) is 20.1. The van der Waals surface area contributed by atoms with Gasteiger partial charge in [-0.25, -0.2) is 26.9 Å². The Kier molecular flexibility index (Phi) is 6.37. The maximum absolute atomic E-state index is 13.7. The number of benzene rings is 1. The lowest BCUT2D eigenvalue weighted by Crippen LogP contribution is -2.37. The molecule has 0 aliphatic carbocycles. The quantitative estimate of drug-likeness (QED) is 0.661. The molecule has 1 aliphatic rings. The molecule has 0 bridgehead atoms. The number of sulfonamides is 1. The Labute approximate surface area is 162 Å². The lowest BCUT2D eigenvalue weighted by atomic mass is 10.3. The highest BCUT2D eigenvalue weighted by atomic mass is 32.2.